The summed E-state index contributed by atoms with van der Waals surface area (Å²) in [6.07, 6.45) is 3.49. The predicted molar refractivity (Wildman–Crippen MR) is 79.5 cm³/mol. The fraction of sp³-hybridized carbons (Fsp3) is 0.625. The van der Waals surface area contributed by atoms with Gasteiger partial charge in [-0.3, -0.25) is 0 Å². The highest BCUT2D eigenvalue weighted by Crippen LogP contribution is 2.29. The van der Waals surface area contributed by atoms with Gasteiger partial charge in [0.2, 0.25) is 0 Å². The van der Waals surface area contributed by atoms with Gasteiger partial charge in [-0.2, -0.15) is 0 Å². The Hall–Kier alpha value is -1.26. The molecule has 1 fully saturated rings. The van der Waals surface area contributed by atoms with Gasteiger partial charge in [-0.25, -0.2) is 0 Å². The first kappa shape index (κ1) is 15.1. The van der Waals surface area contributed by atoms with E-state index in [1.165, 1.54) is 18.4 Å². The smallest absolute Gasteiger partial charge is 0.161 e. The predicted octanol–water partition coefficient (Wildman–Crippen LogP) is 2.75. The summed E-state index contributed by atoms with van der Waals surface area (Å²) in [4.78, 5) is 0. The lowest BCUT2D eigenvalue weighted by Gasteiger charge is -2.13. The van der Waals surface area contributed by atoms with Crippen molar-refractivity contribution in [3.63, 3.8) is 0 Å². The summed E-state index contributed by atoms with van der Waals surface area (Å²) >= 11 is 0. The second-order valence-electron chi connectivity index (χ2n) is 5.06. The molecule has 4 heteroatoms. The summed E-state index contributed by atoms with van der Waals surface area (Å²) in [6.45, 7) is 4.90. The molecule has 1 aliphatic rings. The first-order chi connectivity index (χ1) is 9.83. The molecule has 1 aromatic carbocycles. The molecule has 20 heavy (non-hydrogen) atoms. The molecule has 1 aliphatic carbocycles. The van der Waals surface area contributed by atoms with E-state index in [0.29, 0.717) is 19.8 Å². The van der Waals surface area contributed by atoms with Gasteiger partial charge >= 0.3 is 0 Å². The molecule has 0 aliphatic heterocycles. The largest absolute Gasteiger partial charge is 0.490 e. The quantitative estimate of drug-likeness (QED) is 0.669. The first-order valence-electron chi connectivity index (χ1n) is 7.44. The average Bonchev–Trinajstić information content (AvgIpc) is 3.27. The van der Waals surface area contributed by atoms with Gasteiger partial charge in [0.05, 0.1) is 13.2 Å². The molecule has 0 aromatic heterocycles. The van der Waals surface area contributed by atoms with Crippen molar-refractivity contribution in [3.8, 4) is 11.5 Å². The third-order valence-electron chi connectivity index (χ3n) is 3.23. The average molecular weight is 279 g/mol. The summed E-state index contributed by atoms with van der Waals surface area (Å²) in [5, 5.41) is 3.51. The van der Waals surface area contributed by atoms with Crippen molar-refractivity contribution in [1.29, 1.82) is 0 Å². The topological polar surface area (TPSA) is 39.7 Å². The SMILES string of the molecule is CCOc1cc(CNC2CC2)ccc1OCCCOC. The number of rotatable bonds is 10. The zero-order valence-corrected chi connectivity index (χ0v) is 12.5. The van der Waals surface area contributed by atoms with Gasteiger partial charge in [-0.1, -0.05) is 6.07 Å². The number of hydrogen-bond acceptors (Lipinski definition) is 4. The van der Waals surface area contributed by atoms with Crippen molar-refractivity contribution < 1.29 is 14.2 Å². The fourth-order valence-electron chi connectivity index (χ4n) is 1.99. The molecule has 0 bridgehead atoms. The van der Waals surface area contributed by atoms with Crippen LogP contribution in [0.4, 0.5) is 0 Å². The fourth-order valence-corrected chi connectivity index (χ4v) is 1.99. The van der Waals surface area contributed by atoms with Gasteiger partial charge in [0.1, 0.15) is 0 Å². The van der Waals surface area contributed by atoms with Crippen LogP contribution in [0.1, 0.15) is 31.7 Å². The molecule has 1 N–H and O–H groups in total. The minimum absolute atomic E-state index is 0.646. The normalized spacial score (nSPS) is 14.3. The Morgan fingerprint density at radius 3 is 2.70 bits per heavy atom. The summed E-state index contributed by atoms with van der Waals surface area (Å²) in [6, 6.07) is 6.89. The molecule has 0 radical (unpaired) electrons. The van der Waals surface area contributed by atoms with Gasteiger partial charge in [-0.15, -0.1) is 0 Å². The van der Waals surface area contributed by atoms with Crippen molar-refractivity contribution in [2.75, 3.05) is 26.9 Å². The second kappa shape index (κ2) is 8.12. The number of ether oxygens (including phenoxy) is 3. The van der Waals surface area contributed by atoms with Gasteiger partial charge in [0.15, 0.2) is 11.5 Å². The molecule has 0 unspecified atom stereocenters. The Balaban J connectivity index is 1.90. The Kier molecular flexibility index (Phi) is 6.15. The molecule has 2 rings (SSSR count). The molecule has 0 atom stereocenters. The molecule has 0 heterocycles. The molecule has 0 saturated heterocycles. The van der Waals surface area contributed by atoms with Crippen molar-refractivity contribution in [1.82, 2.24) is 5.32 Å². The van der Waals surface area contributed by atoms with Crippen LogP contribution in [0.3, 0.4) is 0 Å². The van der Waals surface area contributed by atoms with Crippen LogP contribution >= 0.6 is 0 Å². The van der Waals surface area contributed by atoms with Gasteiger partial charge < -0.3 is 19.5 Å². The molecular weight excluding hydrogens is 254 g/mol. The van der Waals surface area contributed by atoms with E-state index in [4.69, 9.17) is 14.2 Å². The highest BCUT2D eigenvalue weighted by molar-refractivity contribution is 5.43. The number of methoxy groups -OCH3 is 1. The third-order valence-corrected chi connectivity index (χ3v) is 3.23. The zero-order chi connectivity index (χ0) is 14.2. The van der Waals surface area contributed by atoms with E-state index in [1.54, 1.807) is 7.11 Å². The molecule has 1 saturated carbocycles. The lowest BCUT2D eigenvalue weighted by Crippen LogP contribution is -2.15. The summed E-state index contributed by atoms with van der Waals surface area (Å²) in [7, 11) is 1.70. The minimum atomic E-state index is 0.646. The van der Waals surface area contributed by atoms with Crippen LogP contribution in [0.5, 0.6) is 11.5 Å². The van der Waals surface area contributed by atoms with Crippen LogP contribution < -0.4 is 14.8 Å². The Morgan fingerprint density at radius 1 is 1.15 bits per heavy atom. The zero-order valence-electron chi connectivity index (χ0n) is 12.5. The molecular formula is C16H25NO3. The van der Waals surface area contributed by atoms with E-state index in [2.05, 4.69) is 17.4 Å². The van der Waals surface area contributed by atoms with E-state index in [-0.39, 0.29) is 0 Å². The summed E-state index contributed by atoms with van der Waals surface area (Å²) in [5.74, 6) is 1.65. The highest BCUT2D eigenvalue weighted by atomic mass is 16.5. The van der Waals surface area contributed by atoms with Gasteiger partial charge in [0.25, 0.3) is 0 Å². The van der Waals surface area contributed by atoms with Crippen LogP contribution in [0.25, 0.3) is 0 Å². The van der Waals surface area contributed by atoms with E-state index in [9.17, 15) is 0 Å². The van der Waals surface area contributed by atoms with Crippen LogP contribution in [0.15, 0.2) is 18.2 Å². The van der Waals surface area contributed by atoms with Crippen molar-refractivity contribution in [2.24, 2.45) is 0 Å². The van der Waals surface area contributed by atoms with Crippen molar-refractivity contribution in [3.05, 3.63) is 23.8 Å². The van der Waals surface area contributed by atoms with E-state index in [1.807, 2.05) is 13.0 Å². The monoisotopic (exact) mass is 279 g/mol. The third kappa shape index (κ3) is 5.02. The van der Waals surface area contributed by atoms with Crippen LogP contribution in [0.2, 0.25) is 0 Å². The number of hydrogen-bond donors (Lipinski definition) is 1. The molecule has 4 nitrogen and oxygen atoms in total. The summed E-state index contributed by atoms with van der Waals surface area (Å²) < 4.78 is 16.4. The number of nitrogens with one attached hydrogen (secondary N) is 1. The molecule has 0 amide bonds. The van der Waals surface area contributed by atoms with Crippen molar-refractivity contribution in [2.45, 2.75) is 38.8 Å². The maximum absolute atomic E-state index is 5.76. The number of benzene rings is 1. The first-order valence-corrected chi connectivity index (χ1v) is 7.44. The maximum atomic E-state index is 5.76. The van der Waals surface area contributed by atoms with Crippen LogP contribution in [0, 0.1) is 0 Å². The minimum Gasteiger partial charge on any atom is -0.490 e. The van der Waals surface area contributed by atoms with E-state index in [0.717, 1.165) is 30.5 Å². The maximum Gasteiger partial charge on any atom is 0.161 e. The van der Waals surface area contributed by atoms with E-state index < -0.39 is 0 Å². The second-order valence-corrected chi connectivity index (χ2v) is 5.06. The van der Waals surface area contributed by atoms with Gasteiger partial charge in [0, 0.05) is 32.7 Å². The van der Waals surface area contributed by atoms with Gasteiger partial charge in [-0.05, 0) is 37.5 Å². The molecule has 1 aromatic rings. The van der Waals surface area contributed by atoms with Crippen LogP contribution in [-0.4, -0.2) is 33.0 Å². The molecule has 0 spiro atoms. The highest BCUT2D eigenvalue weighted by Gasteiger charge is 2.20. The molecule has 112 valence electrons. The Morgan fingerprint density at radius 2 is 2.00 bits per heavy atom. The van der Waals surface area contributed by atoms with E-state index >= 15 is 0 Å². The standard InChI is InChI=1S/C16H25NO3/c1-3-19-16-11-13(12-17-14-6-7-14)5-8-15(16)20-10-4-9-18-2/h5,8,11,14,17H,3-4,6-7,9-10,12H2,1-2H3. The Labute approximate surface area is 121 Å². The van der Waals surface area contributed by atoms with Crippen LogP contribution in [-0.2, 0) is 11.3 Å². The Bertz CT molecular complexity index is 405. The summed E-state index contributed by atoms with van der Waals surface area (Å²) in [5.41, 5.74) is 1.24. The lowest BCUT2D eigenvalue weighted by molar-refractivity contribution is 0.170. The lowest BCUT2D eigenvalue weighted by atomic mass is 10.2. The van der Waals surface area contributed by atoms with Crippen molar-refractivity contribution >= 4 is 0 Å².